The third kappa shape index (κ3) is 4.16. The summed E-state index contributed by atoms with van der Waals surface area (Å²) in [6, 6.07) is 9.03. The molecule has 0 saturated heterocycles. The molecule has 0 aliphatic heterocycles. The fourth-order valence-electron chi connectivity index (χ4n) is 2.02. The van der Waals surface area contributed by atoms with E-state index < -0.39 is 23.0 Å². The highest BCUT2D eigenvalue weighted by atomic mass is 19.1. The van der Waals surface area contributed by atoms with Gasteiger partial charge in [0.15, 0.2) is 5.78 Å². The molecule has 0 fully saturated rings. The molecule has 110 valence electrons. The van der Waals surface area contributed by atoms with Crippen molar-refractivity contribution >= 4 is 5.78 Å². The Bertz CT molecular complexity index is 597. The fourth-order valence-corrected chi connectivity index (χ4v) is 2.02. The summed E-state index contributed by atoms with van der Waals surface area (Å²) in [5.74, 6) is -2.20. The lowest BCUT2D eigenvalue weighted by Gasteiger charge is -2.15. The normalized spacial score (nSPS) is 10.9. The van der Waals surface area contributed by atoms with Gasteiger partial charge in [-0.05, 0) is 31.3 Å². The van der Waals surface area contributed by atoms with Crippen molar-refractivity contribution in [1.82, 2.24) is 9.88 Å². The number of likely N-dealkylation sites (N-methyl/N-ethyl adjacent to an activating group) is 1. The quantitative estimate of drug-likeness (QED) is 0.767. The van der Waals surface area contributed by atoms with E-state index >= 15 is 0 Å². The number of carbonyl (C=O) groups is 1. The number of aromatic nitrogens is 1. The molecule has 21 heavy (non-hydrogen) atoms. The standard InChI is InChI=1S/C16H16F2N2O/c1-20(10-8-12-5-2-3-9-19-12)11-15(21)16-13(17)6-4-7-14(16)18/h2-7,9H,8,10-11H2,1H3. The molecule has 0 radical (unpaired) electrons. The summed E-state index contributed by atoms with van der Waals surface area (Å²) < 4.78 is 27.0. The molecule has 0 bridgehead atoms. The smallest absolute Gasteiger partial charge is 0.182 e. The van der Waals surface area contributed by atoms with Crippen molar-refractivity contribution in [2.45, 2.75) is 6.42 Å². The molecular formula is C16H16F2N2O. The minimum atomic E-state index is -0.821. The Labute approximate surface area is 122 Å². The van der Waals surface area contributed by atoms with Crippen LogP contribution in [0.3, 0.4) is 0 Å². The first-order valence-electron chi connectivity index (χ1n) is 6.63. The third-order valence-electron chi connectivity index (χ3n) is 3.13. The van der Waals surface area contributed by atoms with Crippen molar-refractivity contribution in [1.29, 1.82) is 0 Å². The Hall–Kier alpha value is -2.14. The molecule has 1 aromatic heterocycles. The summed E-state index contributed by atoms with van der Waals surface area (Å²) in [6.07, 6.45) is 2.37. The van der Waals surface area contributed by atoms with Gasteiger partial charge in [0.05, 0.1) is 12.1 Å². The summed E-state index contributed by atoms with van der Waals surface area (Å²) in [5, 5.41) is 0. The van der Waals surface area contributed by atoms with Crippen molar-refractivity contribution in [2.24, 2.45) is 0 Å². The van der Waals surface area contributed by atoms with Crippen LogP contribution in [0.2, 0.25) is 0 Å². The fraction of sp³-hybridized carbons (Fsp3) is 0.250. The number of rotatable bonds is 6. The van der Waals surface area contributed by atoms with Gasteiger partial charge in [0.25, 0.3) is 0 Å². The molecule has 0 saturated carbocycles. The van der Waals surface area contributed by atoms with Crippen molar-refractivity contribution in [3.63, 3.8) is 0 Å². The SMILES string of the molecule is CN(CCc1ccccn1)CC(=O)c1c(F)cccc1F. The molecule has 0 N–H and O–H groups in total. The first kappa shape index (κ1) is 15.3. The number of Topliss-reactive ketones (excluding diaryl/α,β-unsaturated/α-hetero) is 1. The lowest BCUT2D eigenvalue weighted by atomic mass is 10.1. The number of halogens is 2. The van der Waals surface area contributed by atoms with Crippen LogP contribution in [0.4, 0.5) is 8.78 Å². The van der Waals surface area contributed by atoms with Gasteiger partial charge in [-0.1, -0.05) is 12.1 Å². The monoisotopic (exact) mass is 290 g/mol. The average Bonchev–Trinajstić information content (AvgIpc) is 2.46. The second-order valence-corrected chi connectivity index (χ2v) is 4.83. The van der Waals surface area contributed by atoms with Gasteiger partial charge in [-0.15, -0.1) is 0 Å². The first-order valence-corrected chi connectivity index (χ1v) is 6.63. The number of hydrogen-bond acceptors (Lipinski definition) is 3. The molecule has 0 spiro atoms. The molecule has 1 heterocycles. The average molecular weight is 290 g/mol. The van der Waals surface area contributed by atoms with Gasteiger partial charge in [-0.25, -0.2) is 8.78 Å². The molecular weight excluding hydrogens is 274 g/mol. The summed E-state index contributed by atoms with van der Waals surface area (Å²) in [5.41, 5.74) is 0.441. The number of benzene rings is 1. The van der Waals surface area contributed by atoms with Crippen LogP contribution in [0.15, 0.2) is 42.6 Å². The Balaban J connectivity index is 1.93. The number of nitrogens with zero attached hydrogens (tertiary/aromatic N) is 2. The first-order chi connectivity index (χ1) is 10.1. The van der Waals surface area contributed by atoms with Gasteiger partial charge in [0.1, 0.15) is 11.6 Å². The van der Waals surface area contributed by atoms with Crippen molar-refractivity contribution in [3.05, 3.63) is 65.5 Å². The molecule has 1 aromatic carbocycles. The highest BCUT2D eigenvalue weighted by Crippen LogP contribution is 2.13. The summed E-state index contributed by atoms with van der Waals surface area (Å²) in [7, 11) is 1.74. The van der Waals surface area contributed by atoms with E-state index in [0.717, 1.165) is 17.8 Å². The van der Waals surface area contributed by atoms with E-state index in [-0.39, 0.29) is 6.54 Å². The topological polar surface area (TPSA) is 33.2 Å². The number of carbonyl (C=O) groups excluding carboxylic acids is 1. The Morgan fingerprint density at radius 3 is 2.48 bits per heavy atom. The molecule has 0 unspecified atom stereocenters. The zero-order chi connectivity index (χ0) is 15.2. The van der Waals surface area contributed by atoms with Crippen LogP contribution in [0.1, 0.15) is 16.1 Å². The number of ketones is 1. The highest BCUT2D eigenvalue weighted by molar-refractivity contribution is 5.98. The minimum Gasteiger partial charge on any atom is -0.299 e. The summed E-state index contributed by atoms with van der Waals surface area (Å²) in [6.45, 7) is 0.545. The van der Waals surface area contributed by atoms with Crippen molar-refractivity contribution in [2.75, 3.05) is 20.1 Å². The molecule has 2 rings (SSSR count). The number of pyridine rings is 1. The maximum Gasteiger partial charge on any atom is 0.182 e. The minimum absolute atomic E-state index is 0.0370. The highest BCUT2D eigenvalue weighted by Gasteiger charge is 2.18. The zero-order valence-corrected chi connectivity index (χ0v) is 11.7. The Morgan fingerprint density at radius 2 is 1.86 bits per heavy atom. The van der Waals surface area contributed by atoms with Crippen LogP contribution in [-0.4, -0.2) is 35.8 Å². The van der Waals surface area contributed by atoms with E-state index in [1.165, 1.54) is 6.07 Å². The predicted molar refractivity (Wildman–Crippen MR) is 76.1 cm³/mol. The molecule has 0 aliphatic carbocycles. The molecule has 2 aromatic rings. The lowest BCUT2D eigenvalue weighted by molar-refractivity contribution is 0.0938. The second kappa shape index (κ2) is 7.04. The van der Waals surface area contributed by atoms with Crippen LogP contribution < -0.4 is 0 Å². The maximum absolute atomic E-state index is 13.5. The van der Waals surface area contributed by atoms with Crippen molar-refractivity contribution in [3.8, 4) is 0 Å². The van der Waals surface area contributed by atoms with E-state index in [1.807, 2.05) is 18.2 Å². The van der Waals surface area contributed by atoms with E-state index in [2.05, 4.69) is 4.98 Å². The second-order valence-electron chi connectivity index (χ2n) is 4.83. The van der Waals surface area contributed by atoms with Crippen molar-refractivity contribution < 1.29 is 13.6 Å². The van der Waals surface area contributed by atoms with Crippen LogP contribution >= 0.6 is 0 Å². The largest absolute Gasteiger partial charge is 0.299 e. The van der Waals surface area contributed by atoms with E-state index in [4.69, 9.17) is 0 Å². The van der Waals surface area contributed by atoms with Gasteiger partial charge in [0, 0.05) is 24.9 Å². The van der Waals surface area contributed by atoms with Crippen LogP contribution in [0.25, 0.3) is 0 Å². The molecule has 5 heteroatoms. The summed E-state index contributed by atoms with van der Waals surface area (Å²) >= 11 is 0. The van der Waals surface area contributed by atoms with Gasteiger partial charge >= 0.3 is 0 Å². The van der Waals surface area contributed by atoms with E-state index in [0.29, 0.717) is 13.0 Å². The van der Waals surface area contributed by atoms with E-state index in [9.17, 15) is 13.6 Å². The lowest BCUT2D eigenvalue weighted by Crippen LogP contribution is -2.29. The van der Waals surface area contributed by atoms with Gasteiger partial charge in [-0.2, -0.15) is 0 Å². The molecule has 0 amide bonds. The molecule has 0 atom stereocenters. The Kier molecular flexibility index (Phi) is 5.11. The maximum atomic E-state index is 13.5. The predicted octanol–water partition coefficient (Wildman–Crippen LogP) is 2.72. The third-order valence-corrected chi connectivity index (χ3v) is 3.13. The zero-order valence-electron chi connectivity index (χ0n) is 11.7. The van der Waals surface area contributed by atoms with E-state index in [1.54, 1.807) is 18.1 Å². The van der Waals surface area contributed by atoms with Crippen LogP contribution in [-0.2, 0) is 6.42 Å². The van der Waals surface area contributed by atoms with Crippen LogP contribution in [0, 0.1) is 11.6 Å². The van der Waals surface area contributed by atoms with Crippen LogP contribution in [0.5, 0.6) is 0 Å². The number of hydrogen-bond donors (Lipinski definition) is 0. The Morgan fingerprint density at radius 1 is 1.14 bits per heavy atom. The van der Waals surface area contributed by atoms with Gasteiger partial charge < -0.3 is 0 Å². The molecule has 0 aliphatic rings. The molecule has 3 nitrogen and oxygen atoms in total. The van der Waals surface area contributed by atoms with Gasteiger partial charge in [0.2, 0.25) is 0 Å². The van der Waals surface area contributed by atoms with Gasteiger partial charge in [-0.3, -0.25) is 14.7 Å². The summed E-state index contributed by atoms with van der Waals surface area (Å²) in [4.78, 5) is 17.9.